The van der Waals surface area contributed by atoms with Crippen LogP contribution in [-0.2, 0) is 0 Å². The Balaban J connectivity index is 1.66. The van der Waals surface area contributed by atoms with Gasteiger partial charge < -0.3 is 9.84 Å². The van der Waals surface area contributed by atoms with E-state index in [9.17, 15) is 14.7 Å². The van der Waals surface area contributed by atoms with Gasteiger partial charge in [0.2, 0.25) is 0 Å². The van der Waals surface area contributed by atoms with Crippen molar-refractivity contribution in [2.45, 2.75) is 38.0 Å². The van der Waals surface area contributed by atoms with Crippen molar-refractivity contribution in [3.8, 4) is 28.1 Å². The minimum atomic E-state index is -1.12. The van der Waals surface area contributed by atoms with E-state index in [4.69, 9.17) is 9.72 Å². The number of para-hydroxylation sites is 1. The van der Waals surface area contributed by atoms with E-state index in [1.165, 1.54) is 17.0 Å². The van der Waals surface area contributed by atoms with Crippen molar-refractivity contribution in [2.75, 3.05) is 7.11 Å². The number of carboxylic acid groups (broad SMARTS) is 1. The topological polar surface area (TPSA) is 96.7 Å². The van der Waals surface area contributed by atoms with Crippen LogP contribution in [0.15, 0.2) is 59.4 Å². The summed E-state index contributed by atoms with van der Waals surface area (Å²) >= 11 is 0. The standard InChI is InChI=1S/C26H25N3O4/c1-33-21-10-6-5-9-19(21)16-11-13-18(14-12-16)24-23(17-7-3-2-4-8-17)25(30)29-22(27-24)15-20(28-29)26(31)32/h5-6,9-15,17,28H,2-4,7-8H2,1H3,(H,31,32). The number of H-pyrrole nitrogens is 1. The van der Waals surface area contributed by atoms with Crippen LogP contribution >= 0.6 is 0 Å². The summed E-state index contributed by atoms with van der Waals surface area (Å²) in [5.74, 6) is -0.225. The normalized spacial score (nSPS) is 14.5. The third kappa shape index (κ3) is 3.80. The van der Waals surface area contributed by atoms with Crippen LogP contribution in [0.25, 0.3) is 28.0 Å². The Kier molecular flexibility index (Phi) is 5.46. The van der Waals surface area contributed by atoms with Gasteiger partial charge in [-0.25, -0.2) is 14.3 Å². The molecule has 1 aliphatic carbocycles. The molecule has 1 fully saturated rings. The zero-order valence-electron chi connectivity index (χ0n) is 18.4. The van der Waals surface area contributed by atoms with E-state index < -0.39 is 5.97 Å². The molecule has 1 aliphatic rings. The molecule has 0 atom stereocenters. The van der Waals surface area contributed by atoms with Crippen molar-refractivity contribution >= 4 is 11.6 Å². The molecule has 2 aromatic heterocycles. The van der Waals surface area contributed by atoms with Gasteiger partial charge in [0.1, 0.15) is 11.4 Å². The van der Waals surface area contributed by atoms with E-state index in [1.54, 1.807) is 7.11 Å². The third-order valence-corrected chi connectivity index (χ3v) is 6.47. The lowest BCUT2D eigenvalue weighted by molar-refractivity contribution is 0.0690. The number of methoxy groups -OCH3 is 1. The second-order valence-corrected chi connectivity index (χ2v) is 8.46. The lowest BCUT2D eigenvalue weighted by atomic mass is 9.82. The first kappa shape index (κ1) is 21.0. The fourth-order valence-corrected chi connectivity index (χ4v) is 4.82. The maximum Gasteiger partial charge on any atom is 0.353 e. The molecule has 0 spiro atoms. The van der Waals surface area contributed by atoms with Gasteiger partial charge in [0.25, 0.3) is 5.56 Å². The van der Waals surface area contributed by atoms with Gasteiger partial charge in [-0.2, -0.15) is 0 Å². The molecule has 7 heteroatoms. The Morgan fingerprint density at radius 1 is 1.06 bits per heavy atom. The van der Waals surface area contributed by atoms with Crippen LogP contribution in [0.3, 0.4) is 0 Å². The number of hydrogen-bond donors (Lipinski definition) is 2. The van der Waals surface area contributed by atoms with E-state index in [1.807, 2.05) is 48.5 Å². The molecule has 168 valence electrons. The van der Waals surface area contributed by atoms with Gasteiger partial charge in [-0.3, -0.25) is 9.89 Å². The number of benzene rings is 2. The molecule has 0 amide bonds. The summed E-state index contributed by atoms with van der Waals surface area (Å²) < 4.78 is 6.75. The second-order valence-electron chi connectivity index (χ2n) is 8.46. The van der Waals surface area contributed by atoms with Crippen LogP contribution in [0.4, 0.5) is 0 Å². The summed E-state index contributed by atoms with van der Waals surface area (Å²) in [5, 5.41) is 12.1. The third-order valence-electron chi connectivity index (χ3n) is 6.47. The van der Waals surface area contributed by atoms with Crippen molar-refractivity contribution in [1.82, 2.24) is 14.6 Å². The van der Waals surface area contributed by atoms with Crippen molar-refractivity contribution in [3.63, 3.8) is 0 Å². The Morgan fingerprint density at radius 3 is 2.45 bits per heavy atom. The monoisotopic (exact) mass is 443 g/mol. The number of rotatable bonds is 5. The van der Waals surface area contributed by atoms with E-state index in [0.717, 1.165) is 48.1 Å². The highest BCUT2D eigenvalue weighted by Gasteiger charge is 2.26. The van der Waals surface area contributed by atoms with Crippen LogP contribution in [0.2, 0.25) is 0 Å². The number of carbonyl (C=O) groups is 1. The molecule has 2 heterocycles. The molecular weight excluding hydrogens is 418 g/mol. The Labute approximate surface area is 190 Å². The van der Waals surface area contributed by atoms with E-state index >= 15 is 0 Å². The smallest absolute Gasteiger partial charge is 0.353 e. The number of nitrogens with one attached hydrogen (secondary N) is 1. The van der Waals surface area contributed by atoms with Gasteiger partial charge in [0, 0.05) is 22.8 Å². The van der Waals surface area contributed by atoms with Gasteiger partial charge in [-0.05, 0) is 30.4 Å². The number of aromatic nitrogens is 3. The molecule has 0 bridgehead atoms. The Hall–Kier alpha value is -3.87. The summed E-state index contributed by atoms with van der Waals surface area (Å²) in [5.41, 5.74) is 4.15. The average Bonchev–Trinajstić information content (AvgIpc) is 3.30. The molecule has 1 saturated carbocycles. The molecule has 4 aromatic rings. The molecule has 0 radical (unpaired) electrons. The molecule has 0 saturated heterocycles. The average molecular weight is 444 g/mol. The summed E-state index contributed by atoms with van der Waals surface area (Å²) in [6.45, 7) is 0. The van der Waals surface area contributed by atoms with Gasteiger partial charge in [0.15, 0.2) is 5.65 Å². The number of hydrogen-bond acceptors (Lipinski definition) is 4. The number of fused-ring (bicyclic) bond motifs is 1. The van der Waals surface area contributed by atoms with Crippen LogP contribution in [0, 0.1) is 0 Å². The van der Waals surface area contributed by atoms with Gasteiger partial charge in [-0.15, -0.1) is 0 Å². The number of aromatic carboxylic acids is 1. The molecule has 7 nitrogen and oxygen atoms in total. The molecule has 0 unspecified atom stereocenters. The highest BCUT2D eigenvalue weighted by Crippen LogP contribution is 2.37. The Morgan fingerprint density at radius 2 is 1.76 bits per heavy atom. The van der Waals surface area contributed by atoms with Crippen molar-refractivity contribution in [1.29, 1.82) is 0 Å². The van der Waals surface area contributed by atoms with Crippen LogP contribution < -0.4 is 10.3 Å². The minimum absolute atomic E-state index is 0.0575. The summed E-state index contributed by atoms with van der Waals surface area (Å²) in [6.07, 6.45) is 5.18. The minimum Gasteiger partial charge on any atom is -0.496 e. The first-order valence-corrected chi connectivity index (χ1v) is 11.2. The Bertz CT molecular complexity index is 1380. The highest BCUT2D eigenvalue weighted by atomic mass is 16.5. The van der Waals surface area contributed by atoms with Crippen molar-refractivity contribution in [3.05, 3.63) is 76.2 Å². The van der Waals surface area contributed by atoms with Crippen molar-refractivity contribution < 1.29 is 14.6 Å². The molecular formula is C26H25N3O4. The second kappa shape index (κ2) is 8.58. The van der Waals surface area contributed by atoms with Crippen LogP contribution in [0.5, 0.6) is 5.75 Å². The van der Waals surface area contributed by atoms with Crippen LogP contribution in [0.1, 0.15) is 54.1 Å². The maximum absolute atomic E-state index is 13.5. The van der Waals surface area contributed by atoms with Gasteiger partial charge in [-0.1, -0.05) is 61.7 Å². The van der Waals surface area contributed by atoms with Gasteiger partial charge >= 0.3 is 5.97 Å². The number of carboxylic acids is 1. The lowest BCUT2D eigenvalue weighted by Crippen LogP contribution is -2.25. The molecule has 2 aromatic carbocycles. The van der Waals surface area contributed by atoms with Crippen molar-refractivity contribution in [2.24, 2.45) is 0 Å². The van der Waals surface area contributed by atoms with E-state index in [2.05, 4.69) is 5.10 Å². The van der Waals surface area contributed by atoms with E-state index in [-0.39, 0.29) is 17.2 Å². The lowest BCUT2D eigenvalue weighted by Gasteiger charge is -2.23. The molecule has 0 aliphatic heterocycles. The summed E-state index contributed by atoms with van der Waals surface area (Å²) in [4.78, 5) is 29.7. The SMILES string of the molecule is COc1ccccc1-c1ccc(-c2nc3cc(C(=O)O)[nH]n3c(=O)c2C2CCCCC2)cc1. The number of nitrogens with zero attached hydrogens (tertiary/aromatic N) is 2. The largest absolute Gasteiger partial charge is 0.496 e. The number of ether oxygens (including phenoxy) is 1. The predicted molar refractivity (Wildman–Crippen MR) is 126 cm³/mol. The first-order chi connectivity index (χ1) is 16.1. The maximum atomic E-state index is 13.5. The fourth-order valence-electron chi connectivity index (χ4n) is 4.82. The first-order valence-electron chi connectivity index (χ1n) is 11.2. The quantitative estimate of drug-likeness (QED) is 0.447. The van der Waals surface area contributed by atoms with Gasteiger partial charge in [0.05, 0.1) is 12.8 Å². The molecule has 2 N–H and O–H groups in total. The summed E-state index contributed by atoms with van der Waals surface area (Å²) in [7, 11) is 1.65. The van der Waals surface area contributed by atoms with Crippen LogP contribution in [-0.4, -0.2) is 32.8 Å². The fraction of sp³-hybridized carbons (Fsp3) is 0.269. The summed E-state index contributed by atoms with van der Waals surface area (Å²) in [6, 6.07) is 17.2. The van der Waals surface area contributed by atoms with E-state index in [0.29, 0.717) is 16.9 Å². The highest BCUT2D eigenvalue weighted by molar-refractivity contribution is 5.87. The number of aromatic amines is 1. The predicted octanol–water partition coefficient (Wildman–Crippen LogP) is 5.11. The zero-order chi connectivity index (χ0) is 22.9. The molecule has 5 rings (SSSR count). The zero-order valence-corrected chi connectivity index (χ0v) is 18.4. The molecule has 33 heavy (non-hydrogen) atoms.